The molecular weight excluding hydrogens is 218 g/mol. The largest absolute Gasteiger partial charge is 0.379 e. The van der Waals surface area contributed by atoms with Crippen LogP contribution in [0.5, 0.6) is 0 Å². The van der Waals surface area contributed by atoms with Gasteiger partial charge in [-0.1, -0.05) is 6.92 Å². The number of nitrogens with one attached hydrogen (secondary N) is 1. The lowest BCUT2D eigenvalue weighted by Crippen LogP contribution is -2.49. The fraction of sp³-hybridized carbons (Fsp3) is 0.917. The lowest BCUT2D eigenvalue weighted by molar-refractivity contribution is -0.125. The average Bonchev–Trinajstić information content (AvgIpc) is 2.35. The van der Waals surface area contributed by atoms with Crippen LogP contribution < -0.4 is 11.1 Å². The van der Waals surface area contributed by atoms with Crippen molar-refractivity contribution < 1.29 is 9.53 Å². The van der Waals surface area contributed by atoms with Gasteiger partial charge in [0.1, 0.15) is 0 Å². The average molecular weight is 243 g/mol. The van der Waals surface area contributed by atoms with E-state index in [0.717, 1.165) is 26.3 Å². The van der Waals surface area contributed by atoms with Gasteiger partial charge in [-0.3, -0.25) is 9.69 Å². The SMILES string of the molecule is CC(N)C(C)C(=O)NCC(C)N1CCOCC1. The fourth-order valence-corrected chi connectivity index (χ4v) is 1.80. The second-order valence-electron chi connectivity index (χ2n) is 4.89. The van der Waals surface area contributed by atoms with Crippen LogP contribution in [-0.4, -0.2) is 55.7 Å². The first kappa shape index (κ1) is 14.4. The van der Waals surface area contributed by atoms with E-state index in [-0.39, 0.29) is 17.9 Å². The highest BCUT2D eigenvalue weighted by Gasteiger charge is 2.20. The monoisotopic (exact) mass is 243 g/mol. The molecule has 1 amide bonds. The molecule has 1 aliphatic rings. The van der Waals surface area contributed by atoms with Gasteiger partial charge in [0.15, 0.2) is 0 Å². The molecule has 0 saturated carbocycles. The van der Waals surface area contributed by atoms with Gasteiger partial charge in [-0.25, -0.2) is 0 Å². The van der Waals surface area contributed by atoms with Crippen LogP contribution in [0, 0.1) is 5.92 Å². The molecule has 3 atom stereocenters. The molecule has 5 heteroatoms. The van der Waals surface area contributed by atoms with Crippen LogP contribution in [-0.2, 0) is 9.53 Å². The van der Waals surface area contributed by atoms with Crippen LogP contribution in [0.4, 0.5) is 0 Å². The van der Waals surface area contributed by atoms with Gasteiger partial charge in [0.2, 0.25) is 5.91 Å². The molecule has 100 valence electrons. The molecule has 0 aromatic rings. The van der Waals surface area contributed by atoms with E-state index in [4.69, 9.17) is 10.5 Å². The molecule has 0 radical (unpaired) electrons. The van der Waals surface area contributed by atoms with E-state index in [1.807, 2.05) is 13.8 Å². The third kappa shape index (κ3) is 4.61. The Balaban J connectivity index is 2.27. The molecule has 3 N–H and O–H groups in total. The minimum Gasteiger partial charge on any atom is -0.379 e. The molecule has 0 spiro atoms. The van der Waals surface area contributed by atoms with Crippen molar-refractivity contribution in [3.63, 3.8) is 0 Å². The molecule has 0 aromatic carbocycles. The number of nitrogens with zero attached hydrogens (tertiary/aromatic N) is 1. The smallest absolute Gasteiger partial charge is 0.224 e. The van der Waals surface area contributed by atoms with E-state index in [1.165, 1.54) is 0 Å². The van der Waals surface area contributed by atoms with Gasteiger partial charge in [-0.2, -0.15) is 0 Å². The van der Waals surface area contributed by atoms with Gasteiger partial charge in [-0.15, -0.1) is 0 Å². The zero-order valence-corrected chi connectivity index (χ0v) is 11.1. The predicted octanol–water partition coefficient (Wildman–Crippen LogP) is -0.193. The molecule has 1 aliphatic heterocycles. The minimum atomic E-state index is -0.133. The quantitative estimate of drug-likeness (QED) is 0.702. The number of hydrogen-bond donors (Lipinski definition) is 2. The van der Waals surface area contributed by atoms with Crippen molar-refractivity contribution in [2.45, 2.75) is 32.9 Å². The highest BCUT2D eigenvalue weighted by molar-refractivity contribution is 5.78. The van der Waals surface area contributed by atoms with E-state index in [2.05, 4.69) is 17.1 Å². The van der Waals surface area contributed by atoms with Crippen molar-refractivity contribution in [2.75, 3.05) is 32.8 Å². The summed E-state index contributed by atoms with van der Waals surface area (Å²) in [6.07, 6.45) is 0. The summed E-state index contributed by atoms with van der Waals surface area (Å²) in [5.74, 6) is -0.0907. The predicted molar refractivity (Wildman–Crippen MR) is 67.7 cm³/mol. The number of carbonyl (C=O) groups excluding carboxylic acids is 1. The lowest BCUT2D eigenvalue weighted by Gasteiger charge is -2.32. The van der Waals surface area contributed by atoms with Crippen molar-refractivity contribution in [3.8, 4) is 0 Å². The molecular formula is C12H25N3O2. The number of morpholine rings is 1. The van der Waals surface area contributed by atoms with E-state index in [0.29, 0.717) is 12.6 Å². The molecule has 1 rings (SSSR count). The van der Waals surface area contributed by atoms with E-state index < -0.39 is 0 Å². The van der Waals surface area contributed by atoms with Crippen molar-refractivity contribution in [1.82, 2.24) is 10.2 Å². The topological polar surface area (TPSA) is 67.6 Å². The number of hydrogen-bond acceptors (Lipinski definition) is 4. The maximum atomic E-state index is 11.7. The summed E-state index contributed by atoms with van der Waals surface area (Å²) in [6.45, 7) is 9.98. The third-order valence-corrected chi connectivity index (χ3v) is 3.44. The number of amides is 1. The highest BCUT2D eigenvalue weighted by atomic mass is 16.5. The van der Waals surface area contributed by atoms with Crippen molar-refractivity contribution in [1.29, 1.82) is 0 Å². The molecule has 1 saturated heterocycles. The Labute approximate surface area is 104 Å². The van der Waals surface area contributed by atoms with E-state index in [1.54, 1.807) is 0 Å². The molecule has 17 heavy (non-hydrogen) atoms. The number of ether oxygens (including phenoxy) is 1. The number of carbonyl (C=O) groups is 1. The molecule has 1 heterocycles. The standard InChI is InChI=1S/C12H25N3O2/c1-9(15-4-6-17-7-5-15)8-14-12(16)10(2)11(3)13/h9-11H,4-8,13H2,1-3H3,(H,14,16). The van der Waals surface area contributed by atoms with Crippen LogP contribution in [0.25, 0.3) is 0 Å². The zero-order chi connectivity index (χ0) is 12.8. The summed E-state index contributed by atoms with van der Waals surface area (Å²) >= 11 is 0. The van der Waals surface area contributed by atoms with Crippen LogP contribution in [0.15, 0.2) is 0 Å². The summed E-state index contributed by atoms with van der Waals surface area (Å²) in [6, 6.07) is 0.247. The maximum Gasteiger partial charge on any atom is 0.224 e. The summed E-state index contributed by atoms with van der Waals surface area (Å²) in [7, 11) is 0. The van der Waals surface area contributed by atoms with Crippen LogP contribution in [0.1, 0.15) is 20.8 Å². The normalized spacial score (nSPS) is 22.8. The van der Waals surface area contributed by atoms with Crippen molar-refractivity contribution in [3.05, 3.63) is 0 Å². The van der Waals surface area contributed by atoms with E-state index >= 15 is 0 Å². The Morgan fingerprint density at radius 1 is 1.35 bits per heavy atom. The Kier molecular flexibility index (Phi) is 5.88. The van der Waals surface area contributed by atoms with Gasteiger partial charge in [0, 0.05) is 37.6 Å². The van der Waals surface area contributed by atoms with Gasteiger partial charge in [0.25, 0.3) is 0 Å². The van der Waals surface area contributed by atoms with Gasteiger partial charge in [-0.05, 0) is 13.8 Å². The molecule has 0 aliphatic carbocycles. The second kappa shape index (κ2) is 6.93. The summed E-state index contributed by atoms with van der Waals surface area (Å²) in [5.41, 5.74) is 5.70. The van der Waals surface area contributed by atoms with Crippen molar-refractivity contribution in [2.24, 2.45) is 11.7 Å². The summed E-state index contributed by atoms with van der Waals surface area (Å²) in [4.78, 5) is 14.1. The van der Waals surface area contributed by atoms with Gasteiger partial charge >= 0.3 is 0 Å². The Hall–Kier alpha value is -0.650. The summed E-state index contributed by atoms with van der Waals surface area (Å²) < 4.78 is 5.30. The van der Waals surface area contributed by atoms with Crippen LogP contribution >= 0.6 is 0 Å². The first-order chi connectivity index (χ1) is 8.02. The highest BCUT2D eigenvalue weighted by Crippen LogP contribution is 2.04. The number of rotatable bonds is 5. The first-order valence-electron chi connectivity index (χ1n) is 6.37. The molecule has 0 aromatic heterocycles. The van der Waals surface area contributed by atoms with Gasteiger partial charge < -0.3 is 15.8 Å². The fourth-order valence-electron chi connectivity index (χ4n) is 1.80. The van der Waals surface area contributed by atoms with E-state index in [9.17, 15) is 4.79 Å². The van der Waals surface area contributed by atoms with Crippen molar-refractivity contribution >= 4 is 5.91 Å². The molecule has 1 fully saturated rings. The Morgan fingerprint density at radius 2 is 1.94 bits per heavy atom. The third-order valence-electron chi connectivity index (χ3n) is 3.44. The summed E-state index contributed by atoms with van der Waals surface area (Å²) in [5, 5.41) is 2.96. The second-order valence-corrected chi connectivity index (χ2v) is 4.89. The Morgan fingerprint density at radius 3 is 2.47 bits per heavy atom. The zero-order valence-electron chi connectivity index (χ0n) is 11.1. The van der Waals surface area contributed by atoms with Crippen LogP contribution in [0.3, 0.4) is 0 Å². The van der Waals surface area contributed by atoms with Gasteiger partial charge in [0.05, 0.1) is 13.2 Å². The number of nitrogens with two attached hydrogens (primary N) is 1. The van der Waals surface area contributed by atoms with Crippen LogP contribution in [0.2, 0.25) is 0 Å². The lowest BCUT2D eigenvalue weighted by atomic mass is 10.0. The Bertz CT molecular complexity index is 240. The molecule has 3 unspecified atom stereocenters. The maximum absolute atomic E-state index is 11.7. The minimum absolute atomic E-state index is 0.0418. The molecule has 5 nitrogen and oxygen atoms in total. The molecule has 0 bridgehead atoms. The first-order valence-corrected chi connectivity index (χ1v) is 6.37.